The van der Waals surface area contributed by atoms with Crippen LogP contribution < -0.4 is 5.32 Å². The van der Waals surface area contributed by atoms with E-state index in [2.05, 4.69) is 10.3 Å². The molecule has 4 aromatic rings. The lowest BCUT2D eigenvalue weighted by Gasteiger charge is -2.07. The number of amides is 1. The fourth-order valence-corrected chi connectivity index (χ4v) is 4.44. The number of carbonyl (C=O) groups excluding carboxylic acids is 2. The van der Waals surface area contributed by atoms with E-state index in [1.165, 1.54) is 22.7 Å². The minimum absolute atomic E-state index is 0.309. The van der Waals surface area contributed by atoms with Crippen LogP contribution in [-0.4, -0.2) is 23.5 Å². The van der Waals surface area contributed by atoms with Crippen molar-refractivity contribution in [3.8, 4) is 9.88 Å². The number of fused-ring (bicyclic) bond motifs is 1. The largest absolute Gasteiger partial charge is 0.451 e. The van der Waals surface area contributed by atoms with E-state index in [-0.39, 0.29) is 5.69 Å². The third kappa shape index (κ3) is 4.30. The number of rotatable bonds is 5. The Balaban J connectivity index is 1.39. The van der Waals surface area contributed by atoms with E-state index in [9.17, 15) is 18.4 Å². The standard InChI is InChI=1S/C20H12F2N2O3S2/c21-11-5-6-12(22)14(9-11)23-18(25)10-27-20(26)17-8-7-16(28-17)19-24-13-3-1-2-4-15(13)29-19/h1-9H,10H2,(H,23,25). The van der Waals surface area contributed by atoms with Crippen molar-refractivity contribution >= 4 is 50.5 Å². The third-order valence-electron chi connectivity index (χ3n) is 3.85. The predicted octanol–water partition coefficient (Wildman–Crippen LogP) is 5.10. The quantitative estimate of drug-likeness (QED) is 0.448. The first-order chi connectivity index (χ1) is 14.0. The maximum Gasteiger partial charge on any atom is 0.348 e. The molecule has 0 saturated carbocycles. The van der Waals surface area contributed by atoms with Gasteiger partial charge in [-0.25, -0.2) is 18.6 Å². The highest BCUT2D eigenvalue weighted by atomic mass is 32.1. The van der Waals surface area contributed by atoms with Gasteiger partial charge < -0.3 is 10.1 Å². The number of thiazole rings is 1. The first-order valence-corrected chi connectivity index (χ1v) is 10.0. The smallest absolute Gasteiger partial charge is 0.348 e. The lowest BCUT2D eigenvalue weighted by Crippen LogP contribution is -2.21. The van der Waals surface area contributed by atoms with Crippen molar-refractivity contribution in [3.05, 3.63) is 71.1 Å². The van der Waals surface area contributed by atoms with E-state index in [1.54, 1.807) is 12.1 Å². The molecule has 1 N–H and O–H groups in total. The van der Waals surface area contributed by atoms with Gasteiger partial charge in [0.1, 0.15) is 21.5 Å². The van der Waals surface area contributed by atoms with Crippen LogP contribution in [0.25, 0.3) is 20.1 Å². The highest BCUT2D eigenvalue weighted by Crippen LogP contribution is 2.34. The van der Waals surface area contributed by atoms with Gasteiger partial charge in [-0.05, 0) is 36.4 Å². The van der Waals surface area contributed by atoms with Crippen molar-refractivity contribution in [1.82, 2.24) is 4.98 Å². The second-order valence-electron chi connectivity index (χ2n) is 5.90. The van der Waals surface area contributed by atoms with Gasteiger partial charge in [-0.2, -0.15) is 0 Å². The van der Waals surface area contributed by atoms with E-state index in [1.807, 2.05) is 24.3 Å². The lowest BCUT2D eigenvalue weighted by atomic mass is 10.3. The minimum atomic E-state index is -0.787. The Labute approximate surface area is 171 Å². The second kappa shape index (κ2) is 8.06. The molecule has 0 atom stereocenters. The van der Waals surface area contributed by atoms with Gasteiger partial charge in [-0.3, -0.25) is 4.79 Å². The number of ether oxygens (including phenoxy) is 1. The second-order valence-corrected chi connectivity index (χ2v) is 8.01. The number of thiophene rings is 1. The Morgan fingerprint density at radius 1 is 1.03 bits per heavy atom. The molecule has 0 unspecified atom stereocenters. The van der Waals surface area contributed by atoms with Gasteiger partial charge in [-0.15, -0.1) is 22.7 Å². The summed E-state index contributed by atoms with van der Waals surface area (Å²) in [6.45, 7) is -0.622. The van der Waals surface area contributed by atoms with Crippen molar-refractivity contribution in [2.24, 2.45) is 0 Å². The summed E-state index contributed by atoms with van der Waals surface area (Å²) in [5.41, 5.74) is 0.562. The molecule has 2 aromatic carbocycles. The number of nitrogens with one attached hydrogen (secondary N) is 1. The van der Waals surface area contributed by atoms with Crippen LogP contribution in [0.5, 0.6) is 0 Å². The first kappa shape index (κ1) is 19.2. The predicted molar refractivity (Wildman–Crippen MR) is 108 cm³/mol. The van der Waals surface area contributed by atoms with Gasteiger partial charge in [0, 0.05) is 6.07 Å². The van der Waals surface area contributed by atoms with Gasteiger partial charge in [0.15, 0.2) is 6.61 Å². The molecule has 0 aliphatic heterocycles. The van der Waals surface area contributed by atoms with Gasteiger partial charge in [0.25, 0.3) is 5.91 Å². The molecular formula is C20H12F2N2O3S2. The number of benzene rings is 2. The van der Waals surface area contributed by atoms with Gasteiger partial charge >= 0.3 is 5.97 Å². The molecule has 146 valence electrons. The summed E-state index contributed by atoms with van der Waals surface area (Å²) in [5, 5.41) is 2.95. The maximum absolute atomic E-state index is 13.5. The number of esters is 1. The molecule has 4 rings (SSSR count). The van der Waals surface area contributed by atoms with Crippen molar-refractivity contribution in [3.63, 3.8) is 0 Å². The van der Waals surface area contributed by atoms with Crippen LogP contribution in [0, 0.1) is 11.6 Å². The lowest BCUT2D eigenvalue weighted by molar-refractivity contribution is -0.119. The molecule has 9 heteroatoms. The van der Waals surface area contributed by atoms with Gasteiger partial charge in [-0.1, -0.05) is 12.1 Å². The van der Waals surface area contributed by atoms with E-state index in [0.29, 0.717) is 4.88 Å². The molecule has 2 aromatic heterocycles. The Kier molecular flexibility index (Phi) is 5.32. The number of aromatic nitrogens is 1. The molecule has 0 spiro atoms. The van der Waals surface area contributed by atoms with Crippen LogP contribution >= 0.6 is 22.7 Å². The Morgan fingerprint density at radius 2 is 1.86 bits per heavy atom. The average molecular weight is 430 g/mol. The monoisotopic (exact) mass is 430 g/mol. The topological polar surface area (TPSA) is 68.3 Å². The summed E-state index contributed by atoms with van der Waals surface area (Å²) < 4.78 is 32.7. The zero-order valence-corrected chi connectivity index (χ0v) is 16.3. The van der Waals surface area contributed by atoms with E-state index in [0.717, 1.165) is 38.3 Å². The number of anilines is 1. The highest BCUT2D eigenvalue weighted by molar-refractivity contribution is 7.26. The molecule has 1 amide bonds. The molecule has 0 radical (unpaired) electrons. The van der Waals surface area contributed by atoms with Crippen molar-refractivity contribution < 1.29 is 23.1 Å². The van der Waals surface area contributed by atoms with Gasteiger partial charge in [0.2, 0.25) is 0 Å². The highest BCUT2D eigenvalue weighted by Gasteiger charge is 2.16. The summed E-state index contributed by atoms with van der Waals surface area (Å²) in [6, 6.07) is 13.8. The Bertz CT molecular complexity index is 1190. The Hall–Kier alpha value is -3.17. The molecule has 29 heavy (non-hydrogen) atoms. The number of halogens is 2. The molecule has 2 heterocycles. The minimum Gasteiger partial charge on any atom is -0.451 e. The van der Waals surface area contributed by atoms with Gasteiger partial charge in [0.05, 0.1) is 20.8 Å². The van der Waals surface area contributed by atoms with E-state index < -0.39 is 30.1 Å². The molecule has 0 saturated heterocycles. The van der Waals surface area contributed by atoms with Crippen LogP contribution in [0.1, 0.15) is 9.67 Å². The summed E-state index contributed by atoms with van der Waals surface area (Å²) in [6.07, 6.45) is 0. The van der Waals surface area contributed by atoms with Crippen molar-refractivity contribution in [2.45, 2.75) is 0 Å². The van der Waals surface area contributed by atoms with E-state index >= 15 is 0 Å². The zero-order valence-electron chi connectivity index (χ0n) is 14.6. The summed E-state index contributed by atoms with van der Waals surface area (Å²) in [7, 11) is 0. The number of carbonyl (C=O) groups is 2. The van der Waals surface area contributed by atoms with Crippen LogP contribution in [-0.2, 0) is 9.53 Å². The Morgan fingerprint density at radius 3 is 2.69 bits per heavy atom. The van der Waals surface area contributed by atoms with Crippen molar-refractivity contribution in [1.29, 1.82) is 0 Å². The molecular weight excluding hydrogens is 418 g/mol. The fraction of sp³-hybridized carbons (Fsp3) is 0.0500. The molecule has 0 aliphatic rings. The molecule has 0 bridgehead atoms. The zero-order chi connectivity index (χ0) is 20.4. The number of nitrogens with zero attached hydrogens (tertiary/aromatic N) is 1. The first-order valence-electron chi connectivity index (χ1n) is 8.37. The third-order valence-corrected chi connectivity index (χ3v) is 6.12. The molecule has 0 fully saturated rings. The normalized spacial score (nSPS) is 10.8. The summed E-state index contributed by atoms with van der Waals surface area (Å²) in [4.78, 5) is 29.7. The fourth-order valence-electron chi connectivity index (χ4n) is 2.52. The van der Waals surface area contributed by atoms with Crippen LogP contribution in [0.3, 0.4) is 0 Å². The van der Waals surface area contributed by atoms with Crippen molar-refractivity contribution in [2.75, 3.05) is 11.9 Å². The number of hydrogen-bond donors (Lipinski definition) is 1. The van der Waals surface area contributed by atoms with E-state index in [4.69, 9.17) is 4.74 Å². The van der Waals surface area contributed by atoms with Crippen LogP contribution in [0.2, 0.25) is 0 Å². The van der Waals surface area contributed by atoms with Crippen LogP contribution in [0.4, 0.5) is 14.5 Å². The maximum atomic E-state index is 13.5. The summed E-state index contributed by atoms with van der Waals surface area (Å²) in [5.74, 6) is -2.94. The number of para-hydroxylation sites is 1. The molecule has 0 aliphatic carbocycles. The average Bonchev–Trinajstić information content (AvgIpc) is 3.35. The summed E-state index contributed by atoms with van der Waals surface area (Å²) >= 11 is 2.72. The molecule has 5 nitrogen and oxygen atoms in total. The number of hydrogen-bond acceptors (Lipinski definition) is 6. The van der Waals surface area contributed by atoms with Crippen LogP contribution in [0.15, 0.2) is 54.6 Å². The SMILES string of the molecule is O=C(COC(=O)c1ccc(-c2nc3ccccc3s2)s1)Nc1cc(F)ccc1F.